The summed E-state index contributed by atoms with van der Waals surface area (Å²) in [6.45, 7) is 0.853. The Balaban J connectivity index is 1.50. The van der Waals surface area contributed by atoms with Crippen molar-refractivity contribution < 1.29 is 8.94 Å². The van der Waals surface area contributed by atoms with Gasteiger partial charge in [0.2, 0.25) is 5.76 Å². The first-order valence-electron chi connectivity index (χ1n) is 7.30. The second kappa shape index (κ2) is 4.75. The van der Waals surface area contributed by atoms with Crippen LogP contribution in [0.5, 0.6) is 0 Å². The van der Waals surface area contributed by atoms with Gasteiger partial charge in [-0.1, -0.05) is 5.16 Å². The van der Waals surface area contributed by atoms with Crippen LogP contribution in [-0.2, 0) is 6.54 Å². The van der Waals surface area contributed by atoms with Crippen LogP contribution in [0.4, 0.5) is 0 Å². The van der Waals surface area contributed by atoms with Gasteiger partial charge < -0.3 is 14.7 Å². The molecule has 0 spiro atoms. The summed E-state index contributed by atoms with van der Waals surface area (Å²) in [5.41, 5.74) is 7.08. The lowest BCUT2D eigenvalue weighted by atomic mass is 9.98. The summed E-state index contributed by atoms with van der Waals surface area (Å²) in [6, 6.07) is 7.32. The van der Waals surface area contributed by atoms with Crippen LogP contribution in [-0.4, -0.2) is 28.2 Å². The number of nitrogens with two attached hydrogens (primary N) is 1. The number of fused-ring (bicyclic) bond motifs is 2. The number of piperidine rings is 1. The van der Waals surface area contributed by atoms with Gasteiger partial charge in [0.1, 0.15) is 0 Å². The van der Waals surface area contributed by atoms with E-state index >= 15 is 0 Å². The molecular formula is C15H19N3O2. The topological polar surface area (TPSA) is 68.4 Å². The van der Waals surface area contributed by atoms with Gasteiger partial charge in [0, 0.05) is 30.7 Å². The molecule has 0 aliphatic carbocycles. The smallest absolute Gasteiger partial charge is 0.202 e. The Morgan fingerprint density at radius 3 is 2.75 bits per heavy atom. The van der Waals surface area contributed by atoms with Gasteiger partial charge in [-0.3, -0.25) is 4.90 Å². The molecule has 0 aromatic carbocycles. The van der Waals surface area contributed by atoms with E-state index in [9.17, 15) is 0 Å². The molecule has 2 saturated heterocycles. The molecular weight excluding hydrogens is 254 g/mol. The van der Waals surface area contributed by atoms with Crippen molar-refractivity contribution in [2.45, 2.75) is 50.4 Å². The number of furan rings is 1. The molecule has 4 heterocycles. The summed E-state index contributed by atoms with van der Waals surface area (Å²) in [4.78, 5) is 2.55. The number of hydrogen-bond acceptors (Lipinski definition) is 5. The molecule has 2 fully saturated rings. The summed E-state index contributed by atoms with van der Waals surface area (Å²) in [5, 5.41) is 4.17. The van der Waals surface area contributed by atoms with Gasteiger partial charge in [0.25, 0.3) is 0 Å². The van der Waals surface area contributed by atoms with Crippen molar-refractivity contribution in [1.29, 1.82) is 0 Å². The van der Waals surface area contributed by atoms with Crippen molar-refractivity contribution in [3.05, 3.63) is 30.2 Å². The summed E-state index contributed by atoms with van der Waals surface area (Å²) < 4.78 is 10.7. The van der Waals surface area contributed by atoms with E-state index < -0.39 is 0 Å². The Morgan fingerprint density at radius 2 is 2.05 bits per heavy atom. The van der Waals surface area contributed by atoms with E-state index in [1.807, 2.05) is 18.2 Å². The molecule has 0 saturated carbocycles. The predicted molar refractivity (Wildman–Crippen MR) is 73.8 cm³/mol. The molecule has 20 heavy (non-hydrogen) atoms. The minimum atomic E-state index is 0.375. The first-order chi connectivity index (χ1) is 9.79. The maximum Gasteiger partial charge on any atom is 0.202 e. The zero-order chi connectivity index (χ0) is 13.5. The van der Waals surface area contributed by atoms with E-state index in [2.05, 4.69) is 10.1 Å². The molecule has 2 bridgehead atoms. The first-order valence-corrected chi connectivity index (χ1v) is 7.30. The fourth-order valence-electron chi connectivity index (χ4n) is 3.68. The molecule has 4 rings (SSSR count). The van der Waals surface area contributed by atoms with E-state index in [1.165, 1.54) is 12.8 Å². The van der Waals surface area contributed by atoms with Gasteiger partial charge in [-0.2, -0.15) is 0 Å². The summed E-state index contributed by atoms with van der Waals surface area (Å²) in [5.74, 6) is 1.43. The van der Waals surface area contributed by atoms with Gasteiger partial charge in [-0.15, -0.1) is 0 Å². The molecule has 5 nitrogen and oxygen atoms in total. The Kier molecular flexibility index (Phi) is 2.89. The number of nitrogens with zero attached hydrogens (tertiary/aromatic N) is 2. The van der Waals surface area contributed by atoms with E-state index in [1.54, 1.807) is 6.26 Å². The third kappa shape index (κ3) is 2.07. The van der Waals surface area contributed by atoms with Crippen LogP contribution in [0.1, 0.15) is 31.4 Å². The number of hydrogen-bond donors (Lipinski definition) is 1. The van der Waals surface area contributed by atoms with Crippen LogP contribution in [0.25, 0.3) is 11.5 Å². The Labute approximate surface area is 117 Å². The lowest BCUT2D eigenvalue weighted by molar-refractivity contribution is 0.117. The van der Waals surface area contributed by atoms with Gasteiger partial charge >= 0.3 is 0 Å². The van der Waals surface area contributed by atoms with Gasteiger partial charge in [-0.05, 0) is 37.8 Å². The Hall–Kier alpha value is -1.59. The fraction of sp³-hybridized carbons (Fsp3) is 0.533. The van der Waals surface area contributed by atoms with Gasteiger partial charge in [-0.25, -0.2) is 0 Å². The Bertz CT molecular complexity index is 564. The average Bonchev–Trinajstić information content (AvgIpc) is 3.12. The van der Waals surface area contributed by atoms with Gasteiger partial charge in [0.15, 0.2) is 5.76 Å². The zero-order valence-electron chi connectivity index (χ0n) is 11.4. The molecule has 0 amide bonds. The highest BCUT2D eigenvalue weighted by Gasteiger charge is 2.39. The van der Waals surface area contributed by atoms with Crippen LogP contribution in [0.2, 0.25) is 0 Å². The fourth-order valence-corrected chi connectivity index (χ4v) is 3.68. The van der Waals surface area contributed by atoms with E-state index in [-0.39, 0.29) is 0 Å². The second-order valence-corrected chi connectivity index (χ2v) is 5.95. The van der Waals surface area contributed by atoms with Crippen molar-refractivity contribution in [3.8, 4) is 11.5 Å². The largest absolute Gasteiger partial charge is 0.461 e. The average molecular weight is 273 g/mol. The SMILES string of the molecule is NC1CC2CCC(C1)N2Cc1cc(-c2ccco2)on1. The second-order valence-electron chi connectivity index (χ2n) is 5.95. The van der Waals surface area contributed by atoms with Crippen molar-refractivity contribution in [1.82, 2.24) is 10.1 Å². The minimum absolute atomic E-state index is 0.375. The van der Waals surface area contributed by atoms with Gasteiger partial charge in [0.05, 0.1) is 12.0 Å². The number of rotatable bonds is 3. The summed E-state index contributed by atoms with van der Waals surface area (Å²) in [6.07, 6.45) is 6.39. The molecule has 0 radical (unpaired) electrons. The van der Waals surface area contributed by atoms with Crippen LogP contribution in [0.15, 0.2) is 33.4 Å². The normalized spacial score (nSPS) is 29.9. The molecule has 2 atom stereocenters. The molecule has 2 unspecified atom stereocenters. The summed E-state index contributed by atoms with van der Waals surface area (Å²) >= 11 is 0. The van der Waals surface area contributed by atoms with E-state index in [4.69, 9.17) is 14.7 Å². The van der Waals surface area contributed by atoms with E-state index in [0.717, 1.165) is 30.8 Å². The monoisotopic (exact) mass is 273 g/mol. The van der Waals surface area contributed by atoms with Crippen molar-refractivity contribution in [2.24, 2.45) is 5.73 Å². The highest BCUT2D eigenvalue weighted by Crippen LogP contribution is 2.36. The van der Waals surface area contributed by atoms with Crippen LogP contribution < -0.4 is 5.73 Å². The predicted octanol–water partition coefficient (Wildman–Crippen LogP) is 2.39. The molecule has 106 valence electrons. The third-order valence-corrected chi connectivity index (χ3v) is 4.59. The first kappa shape index (κ1) is 12.2. The van der Waals surface area contributed by atoms with E-state index in [0.29, 0.717) is 23.9 Å². The lowest BCUT2D eigenvalue weighted by Gasteiger charge is -2.37. The maximum atomic E-state index is 6.11. The minimum Gasteiger partial charge on any atom is -0.461 e. The maximum absolute atomic E-state index is 6.11. The van der Waals surface area contributed by atoms with Crippen LogP contribution >= 0.6 is 0 Å². The van der Waals surface area contributed by atoms with Crippen molar-refractivity contribution in [2.75, 3.05) is 0 Å². The van der Waals surface area contributed by atoms with Crippen molar-refractivity contribution in [3.63, 3.8) is 0 Å². The summed E-state index contributed by atoms with van der Waals surface area (Å²) in [7, 11) is 0. The molecule has 2 aromatic heterocycles. The molecule has 2 aliphatic heterocycles. The quantitative estimate of drug-likeness (QED) is 0.930. The lowest BCUT2D eigenvalue weighted by Crippen LogP contribution is -2.46. The standard InChI is InChI=1S/C15H19N3O2/c16-10-6-12-3-4-13(7-10)18(12)9-11-8-15(20-17-11)14-2-1-5-19-14/h1-2,5,8,10,12-13H,3-4,6-7,9,16H2. The van der Waals surface area contributed by atoms with Crippen molar-refractivity contribution >= 4 is 0 Å². The van der Waals surface area contributed by atoms with Crippen LogP contribution in [0, 0.1) is 0 Å². The highest BCUT2D eigenvalue weighted by atomic mass is 16.5. The molecule has 2 N–H and O–H groups in total. The third-order valence-electron chi connectivity index (χ3n) is 4.59. The zero-order valence-corrected chi connectivity index (χ0v) is 11.4. The Morgan fingerprint density at radius 1 is 1.25 bits per heavy atom. The van der Waals surface area contributed by atoms with Crippen LogP contribution in [0.3, 0.4) is 0 Å². The molecule has 5 heteroatoms. The highest BCUT2D eigenvalue weighted by molar-refractivity contribution is 5.49. The number of aromatic nitrogens is 1. The molecule has 2 aromatic rings. The molecule has 2 aliphatic rings.